The first-order chi connectivity index (χ1) is 20.0. The van der Waals surface area contributed by atoms with Crippen LogP contribution in [0.3, 0.4) is 0 Å². The summed E-state index contributed by atoms with van der Waals surface area (Å²) in [4.78, 5) is 40.6. The molecule has 1 atom stereocenters. The molecular weight excluding hydrogens is 530 g/mol. The second-order valence-electron chi connectivity index (χ2n) is 11.8. The van der Waals surface area contributed by atoms with Gasteiger partial charge in [0, 0.05) is 42.4 Å². The predicted octanol–water partition coefficient (Wildman–Crippen LogP) is 6.32. The summed E-state index contributed by atoms with van der Waals surface area (Å²) in [5.74, 6) is -0.532. The van der Waals surface area contributed by atoms with Gasteiger partial charge in [-0.1, -0.05) is 63.6 Å². The molecule has 2 heterocycles. The van der Waals surface area contributed by atoms with Crippen LogP contribution in [-0.2, 0) is 21.5 Å². The number of benzene rings is 1. The maximum absolute atomic E-state index is 13.6. The second kappa shape index (κ2) is 14.4. The highest BCUT2D eigenvalue weighted by Gasteiger charge is 2.39. The van der Waals surface area contributed by atoms with Gasteiger partial charge in [0.05, 0.1) is 12.3 Å². The van der Waals surface area contributed by atoms with Gasteiger partial charge in [0.1, 0.15) is 5.56 Å². The van der Waals surface area contributed by atoms with Crippen molar-refractivity contribution in [2.24, 2.45) is 5.92 Å². The van der Waals surface area contributed by atoms with Crippen LogP contribution in [0.2, 0.25) is 0 Å². The van der Waals surface area contributed by atoms with Crippen LogP contribution in [0, 0.1) is 5.92 Å². The maximum atomic E-state index is 13.6. The van der Waals surface area contributed by atoms with Gasteiger partial charge in [-0.05, 0) is 64.5 Å². The van der Waals surface area contributed by atoms with E-state index in [2.05, 4.69) is 57.0 Å². The highest BCUT2D eigenvalue weighted by molar-refractivity contribution is 5.81. The number of hydrogen-bond donors (Lipinski definition) is 1. The van der Waals surface area contributed by atoms with Gasteiger partial charge >= 0.3 is 11.7 Å². The summed E-state index contributed by atoms with van der Waals surface area (Å²) in [7, 11) is 0. The van der Waals surface area contributed by atoms with Gasteiger partial charge in [0.15, 0.2) is 0 Å². The van der Waals surface area contributed by atoms with Gasteiger partial charge in [-0.2, -0.15) is 0 Å². The number of rotatable bonds is 14. The molecule has 1 aliphatic heterocycles. The molecule has 0 amide bonds. The minimum atomic E-state index is -0.526. The highest BCUT2D eigenvalue weighted by atomic mass is 16.5. The first-order valence-corrected chi connectivity index (χ1v) is 15.2. The Morgan fingerprint density at radius 3 is 2.50 bits per heavy atom. The van der Waals surface area contributed by atoms with Gasteiger partial charge in [0.2, 0.25) is 5.88 Å². The van der Waals surface area contributed by atoms with E-state index in [9.17, 15) is 19.5 Å². The van der Waals surface area contributed by atoms with E-state index in [1.807, 2.05) is 12.1 Å². The lowest BCUT2D eigenvalue weighted by Gasteiger charge is -2.25. The summed E-state index contributed by atoms with van der Waals surface area (Å²) < 4.78 is 7.72. The Labute approximate surface area is 249 Å². The van der Waals surface area contributed by atoms with E-state index in [0.717, 1.165) is 55.1 Å². The lowest BCUT2D eigenvalue weighted by Crippen LogP contribution is -2.42. The number of carbonyl (C=O) groups excluding carboxylic acids is 1. The van der Waals surface area contributed by atoms with Gasteiger partial charge in [-0.25, -0.2) is 9.59 Å². The average molecular weight is 578 g/mol. The molecule has 1 aromatic carbocycles. The monoisotopic (exact) mass is 577 g/mol. The summed E-state index contributed by atoms with van der Waals surface area (Å²) >= 11 is 0. The Morgan fingerprint density at radius 1 is 1.14 bits per heavy atom. The quantitative estimate of drug-likeness (QED) is 0.122. The molecule has 8 nitrogen and oxygen atoms in total. The summed E-state index contributed by atoms with van der Waals surface area (Å²) in [5.41, 5.74) is 5.05. The van der Waals surface area contributed by atoms with Crippen LogP contribution in [0.4, 0.5) is 5.69 Å². The molecule has 1 N–H and O–H groups in total. The normalized spacial score (nSPS) is 14.5. The summed E-state index contributed by atoms with van der Waals surface area (Å²) in [6, 6.07) is 7.78. The van der Waals surface area contributed by atoms with Crippen molar-refractivity contribution in [1.29, 1.82) is 0 Å². The molecule has 0 radical (unpaired) electrons. The summed E-state index contributed by atoms with van der Waals surface area (Å²) in [5, 5.41) is 11.3. The zero-order chi connectivity index (χ0) is 31.0. The van der Waals surface area contributed by atoms with Crippen molar-refractivity contribution in [2.75, 3.05) is 18.1 Å². The van der Waals surface area contributed by atoms with Crippen molar-refractivity contribution >= 4 is 17.7 Å². The van der Waals surface area contributed by atoms with Gasteiger partial charge in [-0.15, -0.1) is 0 Å². The number of unbranched alkanes of at least 4 members (excludes halogenated alkanes) is 2. The van der Waals surface area contributed by atoms with Crippen LogP contribution in [0.15, 0.2) is 57.9 Å². The standard InChI is InChI=1S/C34H47N3O5/c1-8-11-16-25(9-2)23-36-31(39)26(32(40)37(24(4)5)33(36)41)19-20-29-34(6,7)27-17-12-13-18-28(27)35(29)21-14-15-22-42-30(38)10-3/h10,12-13,17-19,24-25,39H,3,8-9,11,14-16,21-23H2,1-2,4-7H3. The van der Waals surface area contributed by atoms with Crippen LogP contribution >= 0.6 is 0 Å². The largest absolute Gasteiger partial charge is 0.494 e. The molecule has 0 spiro atoms. The second-order valence-corrected chi connectivity index (χ2v) is 11.8. The molecule has 8 heteroatoms. The summed E-state index contributed by atoms with van der Waals surface area (Å²) in [6.45, 7) is 16.8. The first-order valence-electron chi connectivity index (χ1n) is 15.2. The smallest absolute Gasteiger partial charge is 0.334 e. The molecule has 3 rings (SSSR count). The lowest BCUT2D eigenvalue weighted by molar-refractivity contribution is -0.137. The Hall–Kier alpha value is -3.77. The number of esters is 1. The van der Waals surface area contributed by atoms with Crippen LogP contribution < -0.4 is 16.1 Å². The molecule has 0 saturated heterocycles. The Morgan fingerprint density at radius 2 is 1.86 bits per heavy atom. The number of aromatic hydroxyl groups is 1. The Balaban J connectivity index is 2.10. The Bertz CT molecular complexity index is 1460. The number of aromatic nitrogens is 2. The molecule has 228 valence electrons. The molecular formula is C34H47N3O5. The maximum Gasteiger partial charge on any atom is 0.334 e. The van der Waals surface area contributed by atoms with Gasteiger partial charge in [-0.3, -0.25) is 13.9 Å². The SMILES string of the molecule is C=CC(=O)OCCCCN1C(=C=Cc2c(O)n(CC(CC)CCCC)c(=O)n(C(C)C)c2=O)C(C)(C)c2ccccc21. The third-order valence-corrected chi connectivity index (χ3v) is 8.15. The molecule has 42 heavy (non-hydrogen) atoms. The average Bonchev–Trinajstić information content (AvgIpc) is 3.17. The highest BCUT2D eigenvalue weighted by Crippen LogP contribution is 2.47. The van der Waals surface area contributed by atoms with Crippen molar-refractivity contribution in [3.05, 3.63) is 80.3 Å². The third-order valence-electron chi connectivity index (χ3n) is 8.15. The van der Waals surface area contributed by atoms with Gasteiger partial charge < -0.3 is 14.7 Å². The molecule has 0 aliphatic carbocycles. The van der Waals surface area contributed by atoms with Crippen molar-refractivity contribution in [3.63, 3.8) is 0 Å². The van der Waals surface area contributed by atoms with Crippen molar-refractivity contribution in [2.45, 2.75) is 98.1 Å². The van der Waals surface area contributed by atoms with Gasteiger partial charge in [0.25, 0.3) is 5.56 Å². The number of anilines is 1. The third kappa shape index (κ3) is 6.99. The fraction of sp³-hybridized carbons (Fsp3) is 0.529. The zero-order valence-electron chi connectivity index (χ0n) is 26.1. The lowest BCUT2D eigenvalue weighted by atomic mass is 9.84. The number of hydrogen-bond acceptors (Lipinski definition) is 6. The van der Waals surface area contributed by atoms with Crippen LogP contribution in [0.25, 0.3) is 6.08 Å². The Kier molecular flexibility index (Phi) is 11.2. The van der Waals surface area contributed by atoms with Crippen molar-refractivity contribution in [3.8, 4) is 5.88 Å². The number of fused-ring (bicyclic) bond motifs is 1. The van der Waals surface area contributed by atoms with Crippen molar-refractivity contribution in [1.82, 2.24) is 9.13 Å². The fourth-order valence-corrected chi connectivity index (χ4v) is 5.66. The predicted molar refractivity (Wildman–Crippen MR) is 169 cm³/mol. The van der Waals surface area contributed by atoms with Crippen LogP contribution in [0.1, 0.15) is 97.2 Å². The van der Waals surface area contributed by atoms with E-state index in [1.54, 1.807) is 19.9 Å². The molecule has 2 aromatic rings. The molecule has 1 aliphatic rings. The summed E-state index contributed by atoms with van der Waals surface area (Å²) in [6.07, 6.45) is 8.05. The zero-order valence-corrected chi connectivity index (χ0v) is 26.1. The van der Waals surface area contributed by atoms with E-state index in [0.29, 0.717) is 26.1 Å². The number of ether oxygens (including phenoxy) is 1. The molecule has 0 bridgehead atoms. The van der Waals surface area contributed by atoms with E-state index in [4.69, 9.17) is 4.74 Å². The fourth-order valence-electron chi connectivity index (χ4n) is 5.66. The molecule has 1 unspecified atom stereocenters. The number of allylic oxidation sites excluding steroid dienone is 1. The van der Waals surface area contributed by atoms with Crippen LogP contribution in [-0.4, -0.2) is 33.4 Å². The van der Waals surface area contributed by atoms with Crippen molar-refractivity contribution < 1.29 is 14.6 Å². The first kappa shape index (κ1) is 32.7. The van der Waals surface area contributed by atoms with E-state index in [1.165, 1.54) is 9.13 Å². The molecule has 0 saturated carbocycles. The topological polar surface area (TPSA) is 93.8 Å². The number of para-hydroxylation sites is 1. The van der Waals surface area contributed by atoms with E-state index in [-0.39, 0.29) is 23.4 Å². The van der Waals surface area contributed by atoms with E-state index >= 15 is 0 Å². The minimum Gasteiger partial charge on any atom is -0.494 e. The molecule has 1 aromatic heterocycles. The molecule has 0 fully saturated rings. The van der Waals surface area contributed by atoms with Crippen LogP contribution in [0.5, 0.6) is 5.88 Å². The number of nitrogens with zero attached hydrogens (tertiary/aromatic N) is 3. The number of carbonyl (C=O) groups is 1. The minimum absolute atomic E-state index is 0.0594. The van der Waals surface area contributed by atoms with E-state index < -0.39 is 22.6 Å².